The zero-order chi connectivity index (χ0) is 13.2. The second kappa shape index (κ2) is 5.04. The molecule has 1 fully saturated rings. The van der Waals surface area contributed by atoms with Crippen molar-refractivity contribution in [1.29, 1.82) is 0 Å². The quantitative estimate of drug-likeness (QED) is 0.734. The van der Waals surface area contributed by atoms with Crippen LogP contribution >= 0.6 is 0 Å². The lowest BCUT2D eigenvalue weighted by molar-refractivity contribution is 0.417. The minimum atomic E-state index is -0.317. The van der Waals surface area contributed by atoms with E-state index in [4.69, 9.17) is 4.74 Å². The van der Waals surface area contributed by atoms with Gasteiger partial charge < -0.3 is 4.74 Å². The summed E-state index contributed by atoms with van der Waals surface area (Å²) < 4.78 is 19.3. The summed E-state index contributed by atoms with van der Waals surface area (Å²) in [5, 5.41) is 0. The van der Waals surface area contributed by atoms with E-state index in [9.17, 15) is 4.39 Å². The first-order valence-electron chi connectivity index (χ1n) is 6.76. The molecule has 3 rings (SSSR count). The molecule has 0 atom stereocenters. The van der Waals surface area contributed by atoms with Gasteiger partial charge in [-0.15, -0.1) is 0 Å². The fraction of sp³-hybridized carbons (Fsp3) is 0.294. The van der Waals surface area contributed by atoms with Crippen LogP contribution in [0.1, 0.15) is 36.3 Å². The van der Waals surface area contributed by atoms with Crippen LogP contribution in [0.4, 0.5) is 4.39 Å². The second-order valence-electron chi connectivity index (χ2n) is 5.23. The van der Waals surface area contributed by atoms with Crippen molar-refractivity contribution in [3.8, 4) is 11.5 Å². The van der Waals surface area contributed by atoms with Crippen molar-refractivity contribution in [2.24, 2.45) is 0 Å². The Kier molecular flexibility index (Phi) is 3.24. The standard InChI is InChI=1S/C17H17FO/c1-12-5-10-17(16(18)11-12)19-15-8-6-14(7-9-15)13-3-2-4-13/h5-11,13H,2-4H2,1H3. The number of ether oxygens (including phenoxy) is 1. The van der Waals surface area contributed by atoms with Gasteiger partial charge in [-0.25, -0.2) is 4.39 Å². The molecule has 19 heavy (non-hydrogen) atoms. The van der Waals surface area contributed by atoms with Gasteiger partial charge in [-0.1, -0.05) is 24.6 Å². The van der Waals surface area contributed by atoms with Crippen LogP contribution < -0.4 is 4.74 Å². The molecule has 1 nitrogen and oxygen atoms in total. The van der Waals surface area contributed by atoms with Gasteiger partial charge >= 0.3 is 0 Å². The van der Waals surface area contributed by atoms with Crippen LogP contribution in [-0.4, -0.2) is 0 Å². The van der Waals surface area contributed by atoms with Gasteiger partial charge in [0.2, 0.25) is 0 Å². The maximum Gasteiger partial charge on any atom is 0.165 e. The summed E-state index contributed by atoms with van der Waals surface area (Å²) in [5.74, 6) is 1.36. The van der Waals surface area contributed by atoms with Crippen molar-refractivity contribution in [3.63, 3.8) is 0 Å². The monoisotopic (exact) mass is 256 g/mol. The lowest BCUT2D eigenvalue weighted by Crippen LogP contribution is -2.08. The molecular formula is C17H17FO. The minimum Gasteiger partial charge on any atom is -0.454 e. The second-order valence-corrected chi connectivity index (χ2v) is 5.23. The lowest BCUT2D eigenvalue weighted by atomic mass is 9.80. The van der Waals surface area contributed by atoms with Crippen LogP contribution in [-0.2, 0) is 0 Å². The van der Waals surface area contributed by atoms with Crippen LogP contribution in [0, 0.1) is 12.7 Å². The molecule has 0 heterocycles. The van der Waals surface area contributed by atoms with E-state index in [2.05, 4.69) is 12.1 Å². The summed E-state index contributed by atoms with van der Waals surface area (Å²) in [4.78, 5) is 0. The maximum atomic E-state index is 13.7. The number of rotatable bonds is 3. The van der Waals surface area contributed by atoms with Gasteiger partial charge in [0.1, 0.15) is 5.75 Å². The highest BCUT2D eigenvalue weighted by molar-refractivity contribution is 5.36. The molecule has 1 aliphatic carbocycles. The molecule has 2 aromatic carbocycles. The van der Waals surface area contributed by atoms with Gasteiger partial charge in [0, 0.05) is 0 Å². The van der Waals surface area contributed by atoms with Gasteiger partial charge in [0.25, 0.3) is 0 Å². The van der Waals surface area contributed by atoms with E-state index < -0.39 is 0 Å². The van der Waals surface area contributed by atoms with Gasteiger partial charge in [-0.05, 0) is 61.1 Å². The van der Waals surface area contributed by atoms with Crippen molar-refractivity contribution in [2.75, 3.05) is 0 Å². The average Bonchev–Trinajstić information content (AvgIpc) is 2.33. The lowest BCUT2D eigenvalue weighted by Gasteiger charge is -2.25. The molecule has 0 aromatic heterocycles. The zero-order valence-electron chi connectivity index (χ0n) is 11.0. The molecule has 0 aliphatic heterocycles. The third kappa shape index (κ3) is 2.62. The van der Waals surface area contributed by atoms with Crippen molar-refractivity contribution in [2.45, 2.75) is 32.1 Å². The predicted octanol–water partition coefficient (Wildman–Crippen LogP) is 5.19. The summed E-state index contributed by atoms with van der Waals surface area (Å²) >= 11 is 0. The van der Waals surface area contributed by atoms with Crippen molar-refractivity contribution in [1.82, 2.24) is 0 Å². The predicted molar refractivity (Wildman–Crippen MR) is 74.2 cm³/mol. The van der Waals surface area contributed by atoms with E-state index >= 15 is 0 Å². The van der Waals surface area contributed by atoms with E-state index in [0.717, 1.165) is 5.56 Å². The fourth-order valence-electron chi connectivity index (χ4n) is 2.37. The van der Waals surface area contributed by atoms with Crippen LogP contribution in [0.5, 0.6) is 11.5 Å². The summed E-state index contributed by atoms with van der Waals surface area (Å²) in [6.45, 7) is 1.86. The highest BCUT2D eigenvalue weighted by Crippen LogP contribution is 2.37. The minimum absolute atomic E-state index is 0.280. The number of benzene rings is 2. The summed E-state index contributed by atoms with van der Waals surface area (Å²) in [5.41, 5.74) is 2.26. The van der Waals surface area contributed by atoms with Gasteiger partial charge in [0.05, 0.1) is 0 Å². The summed E-state index contributed by atoms with van der Waals surface area (Å²) in [7, 11) is 0. The van der Waals surface area contributed by atoms with Gasteiger partial charge in [0.15, 0.2) is 11.6 Å². The first-order valence-corrected chi connectivity index (χ1v) is 6.76. The molecule has 2 heteroatoms. The molecule has 0 radical (unpaired) electrons. The van der Waals surface area contributed by atoms with Crippen LogP contribution in [0.2, 0.25) is 0 Å². The molecule has 1 saturated carbocycles. The number of aryl methyl sites for hydroxylation is 1. The van der Waals surface area contributed by atoms with E-state index in [1.165, 1.54) is 30.9 Å². The average molecular weight is 256 g/mol. The molecule has 2 aromatic rings. The summed E-state index contributed by atoms with van der Waals surface area (Å²) in [6, 6.07) is 13.0. The number of halogens is 1. The van der Waals surface area contributed by atoms with Crippen molar-refractivity contribution >= 4 is 0 Å². The third-order valence-corrected chi connectivity index (χ3v) is 3.77. The third-order valence-electron chi connectivity index (χ3n) is 3.77. The molecule has 0 N–H and O–H groups in total. The molecule has 0 saturated heterocycles. The molecule has 0 spiro atoms. The van der Waals surface area contributed by atoms with Gasteiger partial charge in [-0.3, -0.25) is 0 Å². The Morgan fingerprint density at radius 2 is 1.79 bits per heavy atom. The van der Waals surface area contributed by atoms with Crippen LogP contribution in [0.3, 0.4) is 0 Å². The van der Waals surface area contributed by atoms with Crippen LogP contribution in [0.15, 0.2) is 42.5 Å². The summed E-state index contributed by atoms with van der Waals surface area (Å²) in [6.07, 6.45) is 3.90. The Morgan fingerprint density at radius 1 is 1.05 bits per heavy atom. The Balaban J connectivity index is 1.75. The van der Waals surface area contributed by atoms with Crippen LogP contribution in [0.25, 0.3) is 0 Å². The first kappa shape index (κ1) is 12.2. The maximum absolute atomic E-state index is 13.7. The van der Waals surface area contributed by atoms with Gasteiger partial charge in [-0.2, -0.15) is 0 Å². The van der Waals surface area contributed by atoms with Crippen molar-refractivity contribution < 1.29 is 9.13 Å². The Bertz CT molecular complexity index is 570. The largest absolute Gasteiger partial charge is 0.454 e. The number of hydrogen-bond donors (Lipinski definition) is 0. The molecule has 98 valence electrons. The molecule has 0 bridgehead atoms. The van der Waals surface area contributed by atoms with E-state index in [0.29, 0.717) is 11.7 Å². The van der Waals surface area contributed by atoms with E-state index in [-0.39, 0.29) is 11.6 Å². The topological polar surface area (TPSA) is 9.23 Å². The highest BCUT2D eigenvalue weighted by Gasteiger charge is 2.19. The van der Waals surface area contributed by atoms with E-state index in [1.54, 1.807) is 6.07 Å². The fourth-order valence-corrected chi connectivity index (χ4v) is 2.37. The SMILES string of the molecule is Cc1ccc(Oc2ccc(C3CCC3)cc2)c(F)c1. The normalized spacial score (nSPS) is 15.1. The Hall–Kier alpha value is -1.83. The Labute approximate surface area is 113 Å². The van der Waals surface area contributed by atoms with Crippen molar-refractivity contribution in [3.05, 3.63) is 59.4 Å². The van der Waals surface area contributed by atoms with E-state index in [1.807, 2.05) is 25.1 Å². The number of hydrogen-bond acceptors (Lipinski definition) is 1. The molecule has 1 aliphatic rings. The zero-order valence-corrected chi connectivity index (χ0v) is 11.0. The molecular weight excluding hydrogens is 239 g/mol. The molecule has 0 unspecified atom stereocenters. The smallest absolute Gasteiger partial charge is 0.165 e. The Morgan fingerprint density at radius 3 is 2.37 bits per heavy atom. The first-order chi connectivity index (χ1) is 9.22. The molecule has 0 amide bonds. The highest BCUT2D eigenvalue weighted by atomic mass is 19.1.